The fraction of sp³-hybridized carbons (Fsp3) is 0.529. The van der Waals surface area contributed by atoms with Gasteiger partial charge in [0.2, 0.25) is 0 Å². The van der Waals surface area contributed by atoms with E-state index in [4.69, 9.17) is 9.72 Å². The summed E-state index contributed by atoms with van der Waals surface area (Å²) in [6.07, 6.45) is 2.16. The van der Waals surface area contributed by atoms with Crippen LogP contribution in [0.15, 0.2) is 24.3 Å². The molecular weight excluding hydrogens is 324 g/mol. The van der Waals surface area contributed by atoms with Crippen molar-refractivity contribution in [2.24, 2.45) is 5.92 Å². The second-order valence-electron chi connectivity index (χ2n) is 6.02. The van der Waals surface area contributed by atoms with Crippen molar-refractivity contribution in [3.8, 4) is 0 Å². The smallest absolute Gasteiger partial charge is 0.314 e. The third-order valence-corrected chi connectivity index (χ3v) is 5.41. The molecule has 0 bridgehead atoms. The van der Waals surface area contributed by atoms with E-state index in [0.717, 1.165) is 43.1 Å². The van der Waals surface area contributed by atoms with Gasteiger partial charge in [-0.2, -0.15) is 0 Å². The van der Waals surface area contributed by atoms with Gasteiger partial charge in [-0.25, -0.2) is 9.78 Å². The normalized spacial score (nSPS) is 15.6. The zero-order valence-electron chi connectivity index (χ0n) is 14.0. The van der Waals surface area contributed by atoms with Crippen molar-refractivity contribution in [2.75, 3.05) is 44.8 Å². The van der Waals surface area contributed by atoms with Crippen LogP contribution < -0.4 is 15.5 Å². The first kappa shape index (κ1) is 17.0. The molecule has 0 saturated carbocycles. The highest BCUT2D eigenvalue weighted by Crippen LogP contribution is 2.31. The number of rotatable bonds is 6. The predicted octanol–water partition coefficient (Wildman–Crippen LogP) is 2.46. The Balaban J connectivity index is 1.43. The third kappa shape index (κ3) is 4.36. The van der Waals surface area contributed by atoms with Crippen molar-refractivity contribution in [3.05, 3.63) is 24.3 Å². The van der Waals surface area contributed by atoms with Crippen LogP contribution in [0.25, 0.3) is 10.2 Å². The summed E-state index contributed by atoms with van der Waals surface area (Å²) in [5.41, 5.74) is 1.08. The Morgan fingerprint density at radius 3 is 2.88 bits per heavy atom. The van der Waals surface area contributed by atoms with Gasteiger partial charge in [-0.05, 0) is 30.9 Å². The number of anilines is 1. The number of aromatic nitrogens is 1. The first-order chi connectivity index (χ1) is 11.8. The Labute approximate surface area is 146 Å². The van der Waals surface area contributed by atoms with Crippen molar-refractivity contribution in [2.45, 2.75) is 12.8 Å². The molecule has 1 aliphatic rings. The molecule has 0 unspecified atom stereocenters. The van der Waals surface area contributed by atoms with Crippen LogP contribution in [0.3, 0.4) is 0 Å². The van der Waals surface area contributed by atoms with E-state index in [1.54, 1.807) is 18.4 Å². The lowest BCUT2D eigenvalue weighted by Crippen LogP contribution is -2.42. The Kier molecular flexibility index (Phi) is 5.87. The van der Waals surface area contributed by atoms with Gasteiger partial charge in [-0.3, -0.25) is 0 Å². The molecule has 6 nitrogen and oxygen atoms in total. The molecule has 7 heteroatoms. The standard InChI is InChI=1S/C17H24N4O2S/c1-23-11-8-18-16(22)19-12-13-6-9-21(10-7-13)17-20-14-4-2-3-5-15(14)24-17/h2-5,13H,6-12H2,1H3,(H2,18,19,22). The number of carbonyl (C=O) groups is 1. The van der Waals surface area contributed by atoms with E-state index in [1.807, 2.05) is 6.07 Å². The van der Waals surface area contributed by atoms with Crippen molar-refractivity contribution in [1.29, 1.82) is 0 Å². The molecule has 0 aliphatic carbocycles. The van der Waals surface area contributed by atoms with E-state index < -0.39 is 0 Å². The summed E-state index contributed by atoms with van der Waals surface area (Å²) in [6, 6.07) is 8.16. The third-order valence-electron chi connectivity index (χ3n) is 4.31. The molecule has 1 aliphatic heterocycles. The molecule has 1 aromatic heterocycles. The average molecular weight is 348 g/mol. The zero-order valence-corrected chi connectivity index (χ0v) is 14.8. The second kappa shape index (κ2) is 8.30. The number of fused-ring (bicyclic) bond motifs is 1. The minimum atomic E-state index is -0.111. The number of hydrogen-bond donors (Lipinski definition) is 2. The molecule has 1 saturated heterocycles. The molecule has 2 N–H and O–H groups in total. The Morgan fingerprint density at radius 2 is 2.12 bits per heavy atom. The van der Waals surface area contributed by atoms with Gasteiger partial charge < -0.3 is 20.3 Å². The molecule has 1 fully saturated rings. The van der Waals surface area contributed by atoms with Crippen molar-refractivity contribution >= 4 is 32.7 Å². The minimum Gasteiger partial charge on any atom is -0.383 e. The average Bonchev–Trinajstić information content (AvgIpc) is 3.05. The van der Waals surface area contributed by atoms with E-state index in [0.29, 0.717) is 19.1 Å². The fourth-order valence-corrected chi connectivity index (χ4v) is 3.91. The highest BCUT2D eigenvalue weighted by molar-refractivity contribution is 7.22. The molecular formula is C17H24N4O2S. The molecule has 0 atom stereocenters. The predicted molar refractivity (Wildman–Crippen MR) is 97.8 cm³/mol. The fourth-order valence-electron chi connectivity index (χ4n) is 2.89. The van der Waals surface area contributed by atoms with E-state index in [2.05, 4.69) is 33.7 Å². The number of thiazole rings is 1. The number of piperidine rings is 1. The highest BCUT2D eigenvalue weighted by atomic mass is 32.1. The van der Waals surface area contributed by atoms with E-state index >= 15 is 0 Å². The lowest BCUT2D eigenvalue weighted by atomic mass is 9.97. The summed E-state index contributed by atoms with van der Waals surface area (Å²) in [6.45, 7) is 3.80. The van der Waals surface area contributed by atoms with Gasteiger partial charge in [0.15, 0.2) is 5.13 Å². The number of nitrogens with one attached hydrogen (secondary N) is 2. The summed E-state index contributed by atoms with van der Waals surface area (Å²) in [7, 11) is 1.62. The van der Waals surface area contributed by atoms with Crippen LogP contribution in [-0.4, -0.2) is 50.9 Å². The molecule has 0 radical (unpaired) electrons. The first-order valence-electron chi connectivity index (χ1n) is 8.37. The van der Waals surface area contributed by atoms with Crippen LogP contribution in [0.5, 0.6) is 0 Å². The number of urea groups is 1. The number of methoxy groups -OCH3 is 1. The van der Waals surface area contributed by atoms with E-state index in [-0.39, 0.29) is 6.03 Å². The molecule has 130 valence electrons. The van der Waals surface area contributed by atoms with Gasteiger partial charge in [0.05, 0.1) is 16.8 Å². The summed E-state index contributed by atoms with van der Waals surface area (Å²) in [5.74, 6) is 0.531. The maximum absolute atomic E-state index is 11.6. The van der Waals surface area contributed by atoms with Gasteiger partial charge in [0, 0.05) is 33.3 Å². The number of carbonyl (C=O) groups excluding carboxylic acids is 1. The molecule has 2 amide bonds. The largest absolute Gasteiger partial charge is 0.383 e. The summed E-state index contributed by atoms with van der Waals surface area (Å²) < 4.78 is 6.15. The molecule has 1 aromatic carbocycles. The summed E-state index contributed by atoms with van der Waals surface area (Å²) in [4.78, 5) is 18.7. The van der Waals surface area contributed by atoms with Crippen molar-refractivity contribution < 1.29 is 9.53 Å². The summed E-state index contributed by atoms with van der Waals surface area (Å²) in [5, 5.41) is 6.84. The second-order valence-corrected chi connectivity index (χ2v) is 7.03. The van der Waals surface area contributed by atoms with E-state index in [9.17, 15) is 4.79 Å². The number of amides is 2. The zero-order chi connectivity index (χ0) is 16.8. The number of ether oxygens (including phenoxy) is 1. The van der Waals surface area contributed by atoms with Crippen molar-refractivity contribution in [3.63, 3.8) is 0 Å². The highest BCUT2D eigenvalue weighted by Gasteiger charge is 2.21. The van der Waals surface area contributed by atoms with Crippen LogP contribution in [0.1, 0.15) is 12.8 Å². The summed E-state index contributed by atoms with van der Waals surface area (Å²) >= 11 is 1.76. The van der Waals surface area contributed by atoms with Gasteiger partial charge in [0.25, 0.3) is 0 Å². The number of nitrogens with zero attached hydrogens (tertiary/aromatic N) is 2. The van der Waals surface area contributed by atoms with Gasteiger partial charge in [-0.1, -0.05) is 23.5 Å². The Morgan fingerprint density at radius 1 is 1.33 bits per heavy atom. The van der Waals surface area contributed by atoms with Crippen LogP contribution in [0, 0.1) is 5.92 Å². The topological polar surface area (TPSA) is 66.5 Å². The van der Waals surface area contributed by atoms with Crippen LogP contribution >= 0.6 is 11.3 Å². The number of hydrogen-bond acceptors (Lipinski definition) is 5. The molecule has 2 aromatic rings. The van der Waals surface area contributed by atoms with Crippen molar-refractivity contribution in [1.82, 2.24) is 15.6 Å². The monoisotopic (exact) mass is 348 g/mol. The maximum Gasteiger partial charge on any atom is 0.314 e. The SMILES string of the molecule is COCCNC(=O)NCC1CCN(c2nc3ccccc3s2)CC1. The minimum absolute atomic E-state index is 0.111. The number of para-hydroxylation sites is 1. The van der Waals surface area contributed by atoms with Crippen LogP contribution in [-0.2, 0) is 4.74 Å². The molecule has 3 rings (SSSR count). The van der Waals surface area contributed by atoms with E-state index in [1.165, 1.54) is 4.70 Å². The Hall–Kier alpha value is -1.86. The molecule has 0 spiro atoms. The van der Waals surface area contributed by atoms with Gasteiger partial charge in [0.1, 0.15) is 0 Å². The molecule has 24 heavy (non-hydrogen) atoms. The maximum atomic E-state index is 11.6. The van der Waals surface area contributed by atoms with Gasteiger partial charge in [-0.15, -0.1) is 0 Å². The lowest BCUT2D eigenvalue weighted by molar-refractivity contribution is 0.195. The van der Waals surface area contributed by atoms with Crippen LogP contribution in [0.4, 0.5) is 9.93 Å². The quantitative estimate of drug-likeness (QED) is 0.787. The number of benzene rings is 1. The first-order valence-corrected chi connectivity index (χ1v) is 9.19. The lowest BCUT2D eigenvalue weighted by Gasteiger charge is -2.31. The van der Waals surface area contributed by atoms with Gasteiger partial charge >= 0.3 is 6.03 Å². The van der Waals surface area contributed by atoms with Crippen LogP contribution in [0.2, 0.25) is 0 Å². The molecule has 2 heterocycles. The Bertz CT molecular complexity index is 634.